The van der Waals surface area contributed by atoms with E-state index < -0.39 is 0 Å². The quantitative estimate of drug-likeness (QED) is 0.0487. The maximum atomic E-state index is 9.57. The molecular weight excluding hydrogens is 869 g/mol. The summed E-state index contributed by atoms with van der Waals surface area (Å²) in [5.74, 6) is 2.12. The summed E-state index contributed by atoms with van der Waals surface area (Å²) in [6, 6.07) is 0. The first-order valence-corrected chi connectivity index (χ1v) is 32.9. The van der Waals surface area contributed by atoms with Crippen LogP contribution in [0, 0.1) is 17.8 Å². The number of aliphatic hydroxyl groups is 1. The van der Waals surface area contributed by atoms with Crippen LogP contribution in [0.15, 0.2) is 11.8 Å². The fourth-order valence-electron chi connectivity index (χ4n) is 10.4. The molecule has 0 spiro atoms. The average Bonchev–Trinajstić information content (AvgIpc) is 3.38. The fourth-order valence-corrected chi connectivity index (χ4v) is 10.4. The van der Waals surface area contributed by atoms with E-state index in [0.717, 1.165) is 31.3 Å². The summed E-state index contributed by atoms with van der Waals surface area (Å²) in [4.78, 5) is 0. The van der Waals surface area contributed by atoms with Crippen molar-refractivity contribution in [3.05, 3.63) is 11.8 Å². The highest BCUT2D eigenvalue weighted by atomic mass is 16.5. The third kappa shape index (κ3) is 61.9. The van der Waals surface area contributed by atoms with E-state index in [2.05, 4.69) is 68.6 Å². The van der Waals surface area contributed by atoms with Crippen molar-refractivity contribution >= 4 is 0 Å². The zero-order chi connectivity index (χ0) is 52.1. The lowest BCUT2D eigenvalue weighted by Crippen LogP contribution is -2.21. The Morgan fingerprint density at radius 3 is 0.944 bits per heavy atom. The van der Waals surface area contributed by atoms with Crippen LogP contribution in [-0.2, 0) is 9.47 Å². The van der Waals surface area contributed by atoms with Crippen LogP contribution in [0.2, 0.25) is 0 Å². The molecule has 0 radical (unpaired) electrons. The second-order valence-electron chi connectivity index (χ2n) is 22.4. The Morgan fingerprint density at radius 1 is 0.366 bits per heavy atom. The number of methoxy groups -OCH3 is 1. The second-order valence-corrected chi connectivity index (χ2v) is 22.4. The summed E-state index contributed by atoms with van der Waals surface area (Å²) in [7, 11) is 1.84. The number of unbranched alkanes of at least 4 members (excludes halogenated alkanes) is 34. The molecule has 0 aromatic heterocycles. The minimum atomic E-state index is 0. The molecule has 4 nitrogen and oxygen atoms in total. The highest BCUT2D eigenvalue weighted by Gasteiger charge is 2.16. The van der Waals surface area contributed by atoms with Gasteiger partial charge in [-0.15, -0.1) is 0 Å². The second kappa shape index (κ2) is 69.4. The fraction of sp³-hybridized carbons (Fsp3) is 0.970. The van der Waals surface area contributed by atoms with Crippen molar-refractivity contribution < 1.29 is 20.1 Å². The minimum absolute atomic E-state index is 0. The minimum Gasteiger partial charge on any atom is -0.501 e. The van der Waals surface area contributed by atoms with Gasteiger partial charge in [0.05, 0.1) is 19.0 Å². The molecule has 4 heteroatoms. The van der Waals surface area contributed by atoms with Crippen molar-refractivity contribution in [2.45, 2.75) is 383 Å². The lowest BCUT2D eigenvalue weighted by molar-refractivity contribution is 0.0431. The predicted molar refractivity (Wildman–Crippen MR) is 323 cm³/mol. The molecule has 0 aliphatic rings. The number of rotatable bonds is 55. The van der Waals surface area contributed by atoms with Crippen molar-refractivity contribution in [3.63, 3.8) is 0 Å². The SMILES string of the molecule is CCCCC(CC)C(CC)OC.CCCCCCCCCCCCC(CCCCCCCCCC)CO/C=C(\CC)CCCC.CCCCCCCCCCCCC(CO)CCCCCCCCCC.O. The summed E-state index contributed by atoms with van der Waals surface area (Å²) >= 11 is 0. The predicted octanol–water partition coefficient (Wildman–Crippen LogP) is 23.2. The number of aliphatic hydroxyl groups excluding tert-OH is 1. The van der Waals surface area contributed by atoms with Gasteiger partial charge >= 0.3 is 0 Å². The van der Waals surface area contributed by atoms with Crippen LogP contribution >= 0.6 is 0 Å². The van der Waals surface area contributed by atoms with Gasteiger partial charge in [-0.05, 0) is 81.1 Å². The van der Waals surface area contributed by atoms with E-state index in [9.17, 15) is 5.11 Å². The Kier molecular flexibility index (Phi) is 75.2. The molecule has 0 fully saturated rings. The van der Waals surface area contributed by atoms with Gasteiger partial charge in [0.25, 0.3) is 0 Å². The van der Waals surface area contributed by atoms with Crippen LogP contribution < -0.4 is 0 Å². The van der Waals surface area contributed by atoms with E-state index in [1.807, 2.05) is 7.11 Å². The van der Waals surface area contributed by atoms with Crippen LogP contribution in [0.4, 0.5) is 0 Å². The summed E-state index contributed by atoms with van der Waals surface area (Å²) in [6.45, 7) is 21.8. The van der Waals surface area contributed by atoms with Crippen molar-refractivity contribution in [3.8, 4) is 0 Å². The van der Waals surface area contributed by atoms with Gasteiger partial charge < -0.3 is 20.1 Å². The lowest BCUT2D eigenvalue weighted by atomic mass is 9.92. The molecule has 4 unspecified atom stereocenters. The zero-order valence-corrected chi connectivity index (χ0v) is 51.2. The van der Waals surface area contributed by atoms with Crippen molar-refractivity contribution in [1.29, 1.82) is 0 Å². The molecule has 432 valence electrons. The van der Waals surface area contributed by atoms with Crippen LogP contribution in [0.25, 0.3) is 0 Å². The van der Waals surface area contributed by atoms with Crippen molar-refractivity contribution in [2.24, 2.45) is 17.8 Å². The zero-order valence-electron chi connectivity index (χ0n) is 51.2. The molecule has 0 saturated heterocycles. The maximum Gasteiger partial charge on any atom is 0.0901 e. The maximum absolute atomic E-state index is 9.57. The molecule has 0 bridgehead atoms. The van der Waals surface area contributed by atoms with Gasteiger partial charge in [0, 0.05) is 13.7 Å². The van der Waals surface area contributed by atoms with E-state index in [4.69, 9.17) is 9.47 Å². The van der Waals surface area contributed by atoms with Crippen LogP contribution in [0.3, 0.4) is 0 Å². The lowest BCUT2D eigenvalue weighted by Gasteiger charge is -2.23. The summed E-state index contributed by atoms with van der Waals surface area (Å²) in [5.41, 5.74) is 1.50. The van der Waals surface area contributed by atoms with Gasteiger partial charge in [0.15, 0.2) is 0 Å². The number of allylic oxidation sites excluding steroid dienone is 1. The Hall–Kier alpha value is -0.580. The molecule has 0 saturated carbocycles. The Bertz CT molecular complexity index is 916. The molecule has 0 aromatic carbocycles. The first-order valence-electron chi connectivity index (χ1n) is 32.9. The molecule has 0 aromatic rings. The van der Waals surface area contributed by atoms with E-state index in [0.29, 0.717) is 18.6 Å². The van der Waals surface area contributed by atoms with Gasteiger partial charge in [0.1, 0.15) is 0 Å². The average molecular weight is 1010 g/mol. The van der Waals surface area contributed by atoms with Gasteiger partial charge in [-0.2, -0.15) is 0 Å². The Balaban J connectivity index is -0.000000519. The Morgan fingerprint density at radius 2 is 0.676 bits per heavy atom. The van der Waals surface area contributed by atoms with Crippen molar-refractivity contribution in [1.82, 2.24) is 0 Å². The summed E-state index contributed by atoms with van der Waals surface area (Å²) < 4.78 is 11.6. The van der Waals surface area contributed by atoms with Crippen molar-refractivity contribution in [2.75, 3.05) is 20.3 Å². The largest absolute Gasteiger partial charge is 0.501 e. The van der Waals surface area contributed by atoms with E-state index in [1.54, 1.807) is 0 Å². The molecule has 0 aliphatic carbocycles. The third-order valence-corrected chi connectivity index (χ3v) is 15.7. The summed E-state index contributed by atoms with van der Waals surface area (Å²) in [5, 5.41) is 9.57. The third-order valence-electron chi connectivity index (χ3n) is 15.7. The van der Waals surface area contributed by atoms with Gasteiger partial charge in [-0.25, -0.2) is 0 Å². The Labute approximate surface area is 451 Å². The molecule has 4 atom stereocenters. The van der Waals surface area contributed by atoms with E-state index >= 15 is 0 Å². The highest BCUT2D eigenvalue weighted by molar-refractivity contribution is 4.96. The number of ether oxygens (including phenoxy) is 2. The standard InChI is InChI=1S/C32H64O.C24H50O.C11H24O.H2O/c1-5-9-12-14-16-18-19-21-23-25-28-32(27-24-22-20-17-15-13-10-6-2)30-33-29-31(8-4)26-11-7-3;1-3-5-7-9-11-13-14-16-18-20-22-24(23-25)21-19-17-15-12-10-8-6-4-2;1-5-8-9-10(6-2)11(7-3)12-4;/h29,32H,5-28,30H2,1-4H3;24-25H,3-23H2,1-2H3;10-11H,5-9H2,1-4H3;1H2/b31-29+;;;. The summed E-state index contributed by atoms with van der Waals surface area (Å²) in [6.07, 6.45) is 70.1. The van der Waals surface area contributed by atoms with Crippen LogP contribution in [0.5, 0.6) is 0 Å². The first-order chi connectivity index (χ1) is 34.4. The topological polar surface area (TPSA) is 70.2 Å². The first kappa shape index (κ1) is 76.9. The number of hydrogen-bond acceptors (Lipinski definition) is 3. The smallest absolute Gasteiger partial charge is 0.0901 e. The molecule has 0 heterocycles. The molecular formula is C67H140O4. The molecule has 0 amide bonds. The molecule has 0 aliphatic heterocycles. The normalized spacial score (nSPS) is 13.1. The van der Waals surface area contributed by atoms with E-state index in [-0.39, 0.29) is 5.48 Å². The number of hydrogen-bond donors (Lipinski definition) is 1. The van der Waals surface area contributed by atoms with E-state index in [1.165, 1.54) is 307 Å². The van der Waals surface area contributed by atoms with Crippen LogP contribution in [-0.4, -0.2) is 37.0 Å². The molecule has 3 N–H and O–H groups in total. The van der Waals surface area contributed by atoms with Gasteiger partial charge in [0.2, 0.25) is 0 Å². The van der Waals surface area contributed by atoms with Gasteiger partial charge in [-0.1, -0.05) is 319 Å². The van der Waals surface area contributed by atoms with Crippen LogP contribution in [0.1, 0.15) is 377 Å². The van der Waals surface area contributed by atoms with Gasteiger partial charge in [-0.3, -0.25) is 0 Å². The monoisotopic (exact) mass is 1010 g/mol. The highest BCUT2D eigenvalue weighted by Crippen LogP contribution is 2.24. The molecule has 0 rings (SSSR count). The molecule has 71 heavy (non-hydrogen) atoms.